The molecule has 3 rings (SSSR count). The summed E-state index contributed by atoms with van der Waals surface area (Å²) in [6.45, 7) is 2.10. The number of imidazole rings is 1. The summed E-state index contributed by atoms with van der Waals surface area (Å²) in [6, 6.07) is 0. The normalized spacial score (nSPS) is 11.2. The number of carboxylic acid groups (broad SMARTS) is 1. The summed E-state index contributed by atoms with van der Waals surface area (Å²) in [6.07, 6.45) is 3.82. The number of aromatic carboxylic acids is 1. The van der Waals surface area contributed by atoms with Crippen LogP contribution in [0, 0.1) is 6.92 Å². The molecule has 0 spiro atoms. The summed E-state index contributed by atoms with van der Waals surface area (Å²) in [5.41, 5.74) is 1.33. The van der Waals surface area contributed by atoms with Crippen LogP contribution < -0.4 is 0 Å². The van der Waals surface area contributed by atoms with Crippen LogP contribution in [0.2, 0.25) is 0 Å². The van der Waals surface area contributed by atoms with Gasteiger partial charge in [0.05, 0.1) is 17.9 Å². The van der Waals surface area contributed by atoms with Crippen molar-refractivity contribution in [3.63, 3.8) is 0 Å². The molecule has 92 valence electrons. The first-order valence-electron chi connectivity index (χ1n) is 5.19. The predicted octanol–water partition coefficient (Wildman–Crippen LogP) is 1.04. The standard InChI is InChI=1S/C10H9N5O2S/c1-6-8(9(16)17)12-13-15(6)5-7-4-14-2-3-18-10(14)11-7/h2-4H,5H2,1H3,(H,16,17). The SMILES string of the molecule is Cc1c(C(=O)O)nnn1Cc1cn2ccsc2n1. The molecule has 0 unspecified atom stereocenters. The van der Waals surface area contributed by atoms with Gasteiger partial charge in [0.1, 0.15) is 0 Å². The van der Waals surface area contributed by atoms with Gasteiger partial charge in [0.25, 0.3) is 0 Å². The lowest BCUT2D eigenvalue weighted by Crippen LogP contribution is -2.06. The molecular weight excluding hydrogens is 254 g/mol. The van der Waals surface area contributed by atoms with E-state index in [1.807, 2.05) is 22.2 Å². The van der Waals surface area contributed by atoms with Gasteiger partial charge in [-0.1, -0.05) is 5.21 Å². The number of fused-ring (bicyclic) bond motifs is 1. The molecule has 0 atom stereocenters. The van der Waals surface area contributed by atoms with Crippen LogP contribution in [-0.4, -0.2) is 35.5 Å². The van der Waals surface area contributed by atoms with E-state index in [0.717, 1.165) is 10.7 Å². The van der Waals surface area contributed by atoms with Crippen LogP contribution in [0.5, 0.6) is 0 Å². The van der Waals surface area contributed by atoms with E-state index in [1.165, 1.54) is 4.68 Å². The second kappa shape index (κ2) is 3.91. The molecule has 0 aliphatic carbocycles. The first-order chi connectivity index (χ1) is 8.65. The Morgan fingerprint density at radius 2 is 2.39 bits per heavy atom. The monoisotopic (exact) mass is 263 g/mol. The number of thiazole rings is 1. The third kappa shape index (κ3) is 1.66. The Balaban J connectivity index is 1.92. The summed E-state index contributed by atoms with van der Waals surface area (Å²) in [7, 11) is 0. The van der Waals surface area contributed by atoms with Crippen molar-refractivity contribution in [3.05, 3.63) is 34.9 Å². The largest absolute Gasteiger partial charge is 0.476 e. The predicted molar refractivity (Wildman–Crippen MR) is 63.9 cm³/mol. The number of carboxylic acids is 1. The Bertz CT molecular complexity index is 697. The molecule has 1 N–H and O–H groups in total. The smallest absolute Gasteiger partial charge is 0.358 e. The summed E-state index contributed by atoms with van der Waals surface area (Å²) in [5, 5.41) is 18.3. The lowest BCUT2D eigenvalue weighted by atomic mass is 10.3. The Morgan fingerprint density at radius 1 is 1.56 bits per heavy atom. The number of hydrogen-bond acceptors (Lipinski definition) is 5. The van der Waals surface area contributed by atoms with Crippen LogP contribution in [0.25, 0.3) is 4.96 Å². The molecule has 8 heteroatoms. The fraction of sp³-hybridized carbons (Fsp3) is 0.200. The van der Waals surface area contributed by atoms with Gasteiger partial charge in [-0.2, -0.15) is 0 Å². The number of nitrogens with zero attached hydrogens (tertiary/aromatic N) is 5. The minimum atomic E-state index is -1.07. The number of aromatic nitrogens is 5. The van der Waals surface area contributed by atoms with Gasteiger partial charge in [-0.3, -0.25) is 4.40 Å². The van der Waals surface area contributed by atoms with Crippen molar-refractivity contribution in [2.24, 2.45) is 0 Å². The maximum Gasteiger partial charge on any atom is 0.358 e. The molecule has 0 saturated heterocycles. The van der Waals surface area contributed by atoms with Crippen LogP contribution in [0.1, 0.15) is 21.9 Å². The van der Waals surface area contributed by atoms with Crippen LogP contribution in [0.3, 0.4) is 0 Å². The molecule has 0 aromatic carbocycles. The van der Waals surface area contributed by atoms with Gasteiger partial charge in [0.2, 0.25) is 0 Å². The molecule has 3 heterocycles. The van der Waals surface area contributed by atoms with Gasteiger partial charge in [0.15, 0.2) is 10.7 Å². The maximum absolute atomic E-state index is 10.9. The molecule has 18 heavy (non-hydrogen) atoms. The molecule has 0 fully saturated rings. The van der Waals surface area contributed by atoms with Gasteiger partial charge in [0, 0.05) is 17.8 Å². The van der Waals surface area contributed by atoms with Gasteiger partial charge in [-0.15, -0.1) is 16.4 Å². The summed E-state index contributed by atoms with van der Waals surface area (Å²) >= 11 is 1.55. The molecule has 0 amide bonds. The average molecular weight is 263 g/mol. The Morgan fingerprint density at radius 3 is 3.06 bits per heavy atom. The lowest BCUT2D eigenvalue weighted by Gasteiger charge is -1.99. The number of carbonyl (C=O) groups is 1. The molecule has 0 aliphatic heterocycles. The highest BCUT2D eigenvalue weighted by Crippen LogP contribution is 2.13. The lowest BCUT2D eigenvalue weighted by molar-refractivity contribution is 0.0689. The molecule has 0 radical (unpaired) electrons. The van der Waals surface area contributed by atoms with Crippen molar-refractivity contribution in [2.75, 3.05) is 0 Å². The Labute approximate surface area is 105 Å². The van der Waals surface area contributed by atoms with E-state index in [9.17, 15) is 4.79 Å². The van der Waals surface area contributed by atoms with Crippen molar-refractivity contribution in [1.29, 1.82) is 0 Å². The van der Waals surface area contributed by atoms with Crippen molar-refractivity contribution in [3.8, 4) is 0 Å². The molecule has 7 nitrogen and oxygen atoms in total. The zero-order valence-corrected chi connectivity index (χ0v) is 10.3. The Kier molecular flexibility index (Phi) is 2.37. The third-order valence-corrected chi connectivity index (χ3v) is 3.41. The molecule has 0 bridgehead atoms. The van der Waals surface area contributed by atoms with Crippen molar-refractivity contribution in [2.45, 2.75) is 13.5 Å². The maximum atomic E-state index is 10.9. The molecule has 0 aliphatic rings. The van der Waals surface area contributed by atoms with E-state index < -0.39 is 5.97 Å². The highest BCUT2D eigenvalue weighted by Gasteiger charge is 2.15. The minimum absolute atomic E-state index is 0.0176. The Hall–Kier alpha value is -2.22. The number of rotatable bonds is 3. The van der Waals surface area contributed by atoms with Gasteiger partial charge >= 0.3 is 5.97 Å². The molecule has 3 aromatic heterocycles. The topological polar surface area (TPSA) is 85.3 Å². The van der Waals surface area contributed by atoms with E-state index in [4.69, 9.17) is 5.11 Å². The van der Waals surface area contributed by atoms with Crippen molar-refractivity contribution < 1.29 is 9.90 Å². The van der Waals surface area contributed by atoms with E-state index in [2.05, 4.69) is 15.3 Å². The van der Waals surface area contributed by atoms with E-state index in [1.54, 1.807) is 18.3 Å². The summed E-state index contributed by atoms with van der Waals surface area (Å²) in [4.78, 5) is 16.2. The minimum Gasteiger partial charge on any atom is -0.476 e. The first kappa shape index (κ1) is 10.9. The van der Waals surface area contributed by atoms with Crippen molar-refractivity contribution >= 4 is 22.3 Å². The average Bonchev–Trinajstić information content (AvgIpc) is 2.94. The van der Waals surface area contributed by atoms with Crippen LogP contribution in [0.15, 0.2) is 17.8 Å². The zero-order chi connectivity index (χ0) is 12.7. The highest BCUT2D eigenvalue weighted by molar-refractivity contribution is 7.15. The quantitative estimate of drug-likeness (QED) is 0.763. The first-order valence-corrected chi connectivity index (χ1v) is 6.07. The highest BCUT2D eigenvalue weighted by atomic mass is 32.1. The van der Waals surface area contributed by atoms with E-state index >= 15 is 0 Å². The molecule has 3 aromatic rings. The third-order valence-electron chi connectivity index (χ3n) is 2.64. The zero-order valence-electron chi connectivity index (χ0n) is 9.44. The van der Waals surface area contributed by atoms with Gasteiger partial charge in [-0.05, 0) is 6.92 Å². The van der Waals surface area contributed by atoms with Crippen LogP contribution in [0.4, 0.5) is 0 Å². The van der Waals surface area contributed by atoms with E-state index in [0.29, 0.717) is 12.2 Å². The molecular formula is C10H9N5O2S. The van der Waals surface area contributed by atoms with Gasteiger partial charge < -0.3 is 5.11 Å². The molecule has 0 saturated carbocycles. The summed E-state index contributed by atoms with van der Waals surface area (Å²) in [5.74, 6) is -1.07. The fourth-order valence-corrected chi connectivity index (χ4v) is 2.43. The second-order valence-electron chi connectivity index (χ2n) is 3.81. The fourth-order valence-electron chi connectivity index (χ4n) is 1.71. The van der Waals surface area contributed by atoms with Crippen LogP contribution >= 0.6 is 11.3 Å². The van der Waals surface area contributed by atoms with E-state index in [-0.39, 0.29) is 5.69 Å². The second-order valence-corrected chi connectivity index (χ2v) is 4.68. The van der Waals surface area contributed by atoms with Crippen molar-refractivity contribution in [1.82, 2.24) is 24.4 Å². The van der Waals surface area contributed by atoms with Crippen LogP contribution in [-0.2, 0) is 6.54 Å². The van der Waals surface area contributed by atoms with Gasteiger partial charge in [-0.25, -0.2) is 14.5 Å². The number of hydrogen-bond donors (Lipinski definition) is 1. The summed E-state index contributed by atoms with van der Waals surface area (Å²) < 4.78 is 3.46.